The Bertz CT molecular complexity index is 1090. The van der Waals surface area contributed by atoms with Gasteiger partial charge < -0.3 is 14.6 Å². The molecular formula is C24H25N3O. The lowest BCUT2D eigenvalue weighted by Crippen LogP contribution is -2.18. The molecule has 4 nitrogen and oxygen atoms in total. The van der Waals surface area contributed by atoms with Crippen molar-refractivity contribution >= 4 is 11.0 Å². The zero-order valence-electron chi connectivity index (χ0n) is 16.5. The first-order chi connectivity index (χ1) is 13.7. The third-order valence-electron chi connectivity index (χ3n) is 5.21. The van der Waals surface area contributed by atoms with Gasteiger partial charge in [-0.25, -0.2) is 4.98 Å². The number of hydrogen-bond donors (Lipinski definition) is 1. The van der Waals surface area contributed by atoms with Gasteiger partial charge in [-0.15, -0.1) is 0 Å². The molecule has 1 unspecified atom stereocenters. The number of methoxy groups -OCH3 is 1. The van der Waals surface area contributed by atoms with Crippen LogP contribution in [0.4, 0.5) is 0 Å². The van der Waals surface area contributed by atoms with E-state index < -0.39 is 0 Å². The first-order valence-electron chi connectivity index (χ1n) is 9.52. The minimum atomic E-state index is 0.289. The van der Waals surface area contributed by atoms with Crippen LogP contribution in [0.15, 0.2) is 73.1 Å². The van der Waals surface area contributed by atoms with Gasteiger partial charge in [0.05, 0.1) is 24.5 Å². The molecule has 0 bridgehead atoms. The Hall–Kier alpha value is -3.11. The molecule has 1 N–H and O–H groups in total. The monoisotopic (exact) mass is 371 g/mol. The Morgan fingerprint density at radius 2 is 1.86 bits per heavy atom. The van der Waals surface area contributed by atoms with Crippen molar-refractivity contribution in [3.05, 3.63) is 84.2 Å². The van der Waals surface area contributed by atoms with Gasteiger partial charge in [0.25, 0.3) is 0 Å². The topological polar surface area (TPSA) is 39.1 Å². The largest absolute Gasteiger partial charge is 0.496 e. The van der Waals surface area contributed by atoms with Crippen molar-refractivity contribution in [3.63, 3.8) is 0 Å². The summed E-state index contributed by atoms with van der Waals surface area (Å²) in [6.07, 6.45) is 1.84. The summed E-state index contributed by atoms with van der Waals surface area (Å²) in [6, 6.07) is 23.5. The van der Waals surface area contributed by atoms with Crippen LogP contribution in [-0.2, 0) is 13.6 Å². The minimum Gasteiger partial charge on any atom is -0.496 e. The Morgan fingerprint density at radius 3 is 2.64 bits per heavy atom. The van der Waals surface area contributed by atoms with Crippen molar-refractivity contribution in [2.45, 2.75) is 19.5 Å². The molecule has 3 aromatic carbocycles. The summed E-state index contributed by atoms with van der Waals surface area (Å²) in [5.74, 6) is 0.870. The molecule has 4 rings (SSSR count). The molecule has 0 aliphatic heterocycles. The van der Waals surface area contributed by atoms with E-state index in [0.717, 1.165) is 34.5 Å². The van der Waals surface area contributed by atoms with Crippen LogP contribution in [0, 0.1) is 0 Å². The summed E-state index contributed by atoms with van der Waals surface area (Å²) < 4.78 is 7.65. The summed E-state index contributed by atoms with van der Waals surface area (Å²) in [7, 11) is 3.73. The van der Waals surface area contributed by atoms with Crippen molar-refractivity contribution in [1.29, 1.82) is 0 Å². The highest BCUT2D eigenvalue weighted by Crippen LogP contribution is 2.32. The maximum atomic E-state index is 5.62. The van der Waals surface area contributed by atoms with E-state index in [1.54, 1.807) is 7.11 Å². The number of rotatable bonds is 6. The van der Waals surface area contributed by atoms with Gasteiger partial charge in [-0.05, 0) is 47.9 Å². The molecule has 1 atom stereocenters. The molecule has 0 aliphatic rings. The second-order valence-electron chi connectivity index (χ2n) is 7.11. The van der Waals surface area contributed by atoms with Gasteiger partial charge >= 0.3 is 0 Å². The van der Waals surface area contributed by atoms with Crippen molar-refractivity contribution in [1.82, 2.24) is 14.9 Å². The highest BCUT2D eigenvalue weighted by molar-refractivity contribution is 5.83. The van der Waals surface area contributed by atoms with E-state index in [0.29, 0.717) is 0 Å². The van der Waals surface area contributed by atoms with Crippen LogP contribution >= 0.6 is 0 Å². The highest BCUT2D eigenvalue weighted by Gasteiger charge is 2.11. The zero-order chi connectivity index (χ0) is 19.5. The van der Waals surface area contributed by atoms with E-state index in [2.05, 4.69) is 71.8 Å². The van der Waals surface area contributed by atoms with Crippen LogP contribution in [0.3, 0.4) is 0 Å². The second-order valence-corrected chi connectivity index (χ2v) is 7.11. The fraction of sp³-hybridized carbons (Fsp3) is 0.208. The van der Waals surface area contributed by atoms with E-state index >= 15 is 0 Å². The van der Waals surface area contributed by atoms with Crippen molar-refractivity contribution in [2.24, 2.45) is 7.05 Å². The van der Waals surface area contributed by atoms with Gasteiger partial charge in [0.2, 0.25) is 0 Å². The molecular weight excluding hydrogens is 346 g/mol. The fourth-order valence-corrected chi connectivity index (χ4v) is 3.52. The average Bonchev–Trinajstić information content (AvgIpc) is 3.12. The lowest BCUT2D eigenvalue weighted by atomic mass is 10.0. The maximum absolute atomic E-state index is 5.62. The highest BCUT2D eigenvalue weighted by atomic mass is 16.5. The van der Waals surface area contributed by atoms with E-state index in [9.17, 15) is 0 Å². The molecule has 4 aromatic rings. The van der Waals surface area contributed by atoms with Gasteiger partial charge in [0.1, 0.15) is 5.75 Å². The third kappa shape index (κ3) is 3.64. The lowest BCUT2D eigenvalue weighted by Gasteiger charge is -2.16. The Kier molecular flexibility index (Phi) is 5.13. The predicted octanol–water partition coefficient (Wildman–Crippen LogP) is 5.10. The van der Waals surface area contributed by atoms with Crippen LogP contribution < -0.4 is 10.1 Å². The number of imidazole rings is 1. The van der Waals surface area contributed by atoms with Gasteiger partial charge in [0, 0.05) is 25.2 Å². The van der Waals surface area contributed by atoms with Crippen LogP contribution in [-0.4, -0.2) is 16.7 Å². The zero-order valence-corrected chi connectivity index (χ0v) is 16.5. The second kappa shape index (κ2) is 7.87. The maximum Gasteiger partial charge on any atom is 0.126 e. The van der Waals surface area contributed by atoms with Crippen LogP contribution in [0.25, 0.3) is 22.2 Å². The van der Waals surface area contributed by atoms with Gasteiger partial charge in [-0.2, -0.15) is 0 Å². The first kappa shape index (κ1) is 18.3. The summed E-state index contributed by atoms with van der Waals surface area (Å²) >= 11 is 0. The molecule has 0 spiro atoms. The molecule has 0 amide bonds. The minimum absolute atomic E-state index is 0.289. The first-order valence-corrected chi connectivity index (χ1v) is 9.52. The molecule has 142 valence electrons. The van der Waals surface area contributed by atoms with Crippen LogP contribution in [0.1, 0.15) is 24.1 Å². The number of fused-ring (bicyclic) bond motifs is 1. The SMILES string of the molecule is COc1ccc(CNC(C)c2ccccc2)cc1-c1ccc2c(c1)ncn2C. The quantitative estimate of drug-likeness (QED) is 0.512. The number of aryl methyl sites for hydroxylation is 1. The summed E-state index contributed by atoms with van der Waals surface area (Å²) in [5.41, 5.74) is 6.82. The summed E-state index contributed by atoms with van der Waals surface area (Å²) in [4.78, 5) is 4.49. The molecule has 0 saturated heterocycles. The number of nitrogens with zero attached hydrogens (tertiary/aromatic N) is 2. The van der Waals surface area contributed by atoms with E-state index in [1.807, 2.05) is 30.1 Å². The third-order valence-corrected chi connectivity index (χ3v) is 5.21. The molecule has 0 saturated carbocycles. The van der Waals surface area contributed by atoms with Crippen molar-refractivity contribution < 1.29 is 4.74 Å². The number of nitrogens with one attached hydrogen (secondary N) is 1. The standard InChI is InChI=1S/C24H25N3O/c1-17(19-7-5-4-6-8-19)25-15-18-9-12-24(28-3)21(13-18)20-10-11-23-22(14-20)26-16-27(23)2/h4-14,16-17,25H,15H2,1-3H3. The number of hydrogen-bond acceptors (Lipinski definition) is 3. The van der Waals surface area contributed by atoms with Gasteiger partial charge in [-0.3, -0.25) is 0 Å². The van der Waals surface area contributed by atoms with Crippen molar-refractivity contribution in [3.8, 4) is 16.9 Å². The smallest absolute Gasteiger partial charge is 0.126 e. The Balaban J connectivity index is 1.60. The number of aromatic nitrogens is 2. The van der Waals surface area contributed by atoms with E-state index in [-0.39, 0.29) is 6.04 Å². The normalized spacial score (nSPS) is 12.2. The predicted molar refractivity (Wildman–Crippen MR) is 114 cm³/mol. The Labute approximate surface area is 165 Å². The van der Waals surface area contributed by atoms with Gasteiger partial charge in [-0.1, -0.05) is 42.5 Å². The molecule has 0 fully saturated rings. The molecule has 4 heteroatoms. The van der Waals surface area contributed by atoms with Gasteiger partial charge in [0.15, 0.2) is 0 Å². The fourth-order valence-electron chi connectivity index (χ4n) is 3.52. The van der Waals surface area contributed by atoms with Crippen LogP contribution in [0.2, 0.25) is 0 Å². The molecule has 28 heavy (non-hydrogen) atoms. The van der Waals surface area contributed by atoms with E-state index in [4.69, 9.17) is 4.74 Å². The lowest BCUT2D eigenvalue weighted by molar-refractivity contribution is 0.416. The summed E-state index contributed by atoms with van der Waals surface area (Å²) in [6.45, 7) is 2.98. The molecule has 0 radical (unpaired) electrons. The molecule has 1 aromatic heterocycles. The van der Waals surface area contributed by atoms with E-state index in [1.165, 1.54) is 11.1 Å². The number of benzene rings is 3. The Morgan fingerprint density at radius 1 is 1.04 bits per heavy atom. The molecule has 1 heterocycles. The summed E-state index contributed by atoms with van der Waals surface area (Å²) in [5, 5.41) is 3.61. The van der Waals surface area contributed by atoms with Crippen LogP contribution in [0.5, 0.6) is 5.75 Å². The molecule has 0 aliphatic carbocycles. The number of ether oxygens (including phenoxy) is 1. The average molecular weight is 371 g/mol. The van der Waals surface area contributed by atoms with Crippen molar-refractivity contribution in [2.75, 3.05) is 7.11 Å².